The molecule has 1 aliphatic heterocycles. The van der Waals surface area contributed by atoms with Crippen molar-refractivity contribution < 1.29 is 9.21 Å². The fourth-order valence-electron chi connectivity index (χ4n) is 2.66. The standard InChI is InChI=1S/C16H19BrN4O2/c1-11-9-15(21-7-3-2-4-8-21)20-14(19-11)10-18-16(22)12-5-6-13(17)23-12/h5-6,9H,2-4,7-8,10H2,1H3,(H,18,22). The van der Waals surface area contributed by atoms with Gasteiger partial charge in [0.2, 0.25) is 0 Å². The van der Waals surface area contributed by atoms with Crippen LogP contribution in [0.2, 0.25) is 0 Å². The highest BCUT2D eigenvalue weighted by atomic mass is 79.9. The molecule has 2 aromatic heterocycles. The smallest absolute Gasteiger partial charge is 0.287 e. The lowest BCUT2D eigenvalue weighted by Crippen LogP contribution is -2.31. The molecule has 0 aromatic carbocycles. The number of amides is 1. The van der Waals surface area contributed by atoms with Crippen LogP contribution in [0.3, 0.4) is 0 Å². The van der Waals surface area contributed by atoms with Crippen molar-refractivity contribution in [1.29, 1.82) is 0 Å². The van der Waals surface area contributed by atoms with Crippen molar-refractivity contribution in [2.45, 2.75) is 32.7 Å². The number of furan rings is 1. The van der Waals surface area contributed by atoms with Gasteiger partial charge in [-0.15, -0.1) is 0 Å². The molecule has 0 aliphatic carbocycles. The van der Waals surface area contributed by atoms with Crippen LogP contribution in [-0.4, -0.2) is 29.0 Å². The number of aromatic nitrogens is 2. The van der Waals surface area contributed by atoms with Crippen LogP contribution in [0.4, 0.5) is 5.82 Å². The van der Waals surface area contributed by atoms with Crippen LogP contribution in [0.1, 0.15) is 41.3 Å². The van der Waals surface area contributed by atoms with Crippen LogP contribution in [-0.2, 0) is 6.54 Å². The van der Waals surface area contributed by atoms with Crippen molar-refractivity contribution in [2.24, 2.45) is 0 Å². The predicted molar refractivity (Wildman–Crippen MR) is 90.4 cm³/mol. The van der Waals surface area contributed by atoms with Gasteiger partial charge in [0.1, 0.15) is 11.6 Å². The third-order valence-electron chi connectivity index (χ3n) is 3.77. The van der Waals surface area contributed by atoms with Gasteiger partial charge < -0.3 is 14.6 Å². The first-order chi connectivity index (χ1) is 11.1. The van der Waals surface area contributed by atoms with Crippen molar-refractivity contribution in [2.75, 3.05) is 18.0 Å². The van der Waals surface area contributed by atoms with Crippen LogP contribution >= 0.6 is 15.9 Å². The minimum absolute atomic E-state index is 0.265. The molecule has 122 valence electrons. The number of piperidine rings is 1. The number of rotatable bonds is 4. The number of nitrogens with zero attached hydrogens (tertiary/aromatic N) is 3. The summed E-state index contributed by atoms with van der Waals surface area (Å²) < 4.78 is 5.76. The molecular formula is C16H19BrN4O2. The molecule has 0 saturated carbocycles. The van der Waals surface area contributed by atoms with Gasteiger partial charge in [-0.3, -0.25) is 4.79 Å². The summed E-state index contributed by atoms with van der Waals surface area (Å²) in [5.74, 6) is 1.55. The Morgan fingerprint density at radius 3 is 2.78 bits per heavy atom. The van der Waals surface area contributed by atoms with Gasteiger partial charge >= 0.3 is 0 Å². The largest absolute Gasteiger partial charge is 0.444 e. The van der Waals surface area contributed by atoms with Crippen LogP contribution in [0.5, 0.6) is 0 Å². The molecule has 0 spiro atoms. The monoisotopic (exact) mass is 378 g/mol. The van der Waals surface area contributed by atoms with Crippen molar-refractivity contribution in [3.8, 4) is 0 Å². The lowest BCUT2D eigenvalue weighted by Gasteiger charge is -2.28. The molecule has 3 rings (SSSR count). The summed E-state index contributed by atoms with van der Waals surface area (Å²) in [5, 5.41) is 2.79. The highest BCUT2D eigenvalue weighted by Crippen LogP contribution is 2.18. The molecule has 1 fully saturated rings. The highest BCUT2D eigenvalue weighted by Gasteiger charge is 2.15. The highest BCUT2D eigenvalue weighted by molar-refractivity contribution is 9.10. The molecule has 2 aromatic rings. The number of halogens is 1. The van der Waals surface area contributed by atoms with E-state index in [1.807, 2.05) is 13.0 Å². The number of carbonyl (C=O) groups is 1. The molecule has 1 amide bonds. The molecular weight excluding hydrogens is 360 g/mol. The van der Waals surface area contributed by atoms with Gasteiger partial charge in [0, 0.05) is 24.8 Å². The first-order valence-corrected chi connectivity index (χ1v) is 8.54. The van der Waals surface area contributed by atoms with E-state index in [4.69, 9.17) is 4.42 Å². The summed E-state index contributed by atoms with van der Waals surface area (Å²) in [4.78, 5) is 23.3. The Kier molecular flexibility index (Phi) is 4.95. The van der Waals surface area contributed by atoms with Crippen molar-refractivity contribution in [3.05, 3.63) is 40.1 Å². The summed E-state index contributed by atoms with van der Waals surface area (Å²) in [6.07, 6.45) is 3.67. The van der Waals surface area contributed by atoms with Crippen LogP contribution < -0.4 is 10.2 Å². The molecule has 1 N–H and O–H groups in total. The maximum atomic E-state index is 12.0. The molecule has 6 nitrogen and oxygen atoms in total. The van der Waals surface area contributed by atoms with E-state index in [9.17, 15) is 4.79 Å². The van der Waals surface area contributed by atoms with Gasteiger partial charge in [0.05, 0.1) is 6.54 Å². The molecule has 3 heterocycles. The quantitative estimate of drug-likeness (QED) is 0.884. The molecule has 0 atom stereocenters. The van der Waals surface area contributed by atoms with Crippen molar-refractivity contribution in [1.82, 2.24) is 15.3 Å². The normalized spacial score (nSPS) is 14.8. The molecule has 23 heavy (non-hydrogen) atoms. The lowest BCUT2D eigenvalue weighted by atomic mass is 10.1. The van der Waals surface area contributed by atoms with Gasteiger partial charge in [-0.05, 0) is 54.2 Å². The van der Waals surface area contributed by atoms with Crippen LogP contribution in [0.25, 0.3) is 0 Å². The number of aryl methyl sites for hydroxylation is 1. The number of hydrogen-bond acceptors (Lipinski definition) is 5. The molecule has 1 aliphatic rings. The van der Waals surface area contributed by atoms with E-state index in [0.717, 1.165) is 24.6 Å². The van der Waals surface area contributed by atoms with E-state index in [1.165, 1.54) is 19.3 Å². The third kappa shape index (κ3) is 4.10. The number of carbonyl (C=O) groups excluding carboxylic acids is 1. The lowest BCUT2D eigenvalue weighted by molar-refractivity contribution is 0.0921. The zero-order valence-corrected chi connectivity index (χ0v) is 14.6. The van der Waals surface area contributed by atoms with Crippen LogP contribution in [0.15, 0.2) is 27.3 Å². The number of anilines is 1. The first-order valence-electron chi connectivity index (χ1n) is 7.75. The molecule has 0 bridgehead atoms. The Hall–Kier alpha value is -1.89. The van der Waals surface area contributed by atoms with Crippen molar-refractivity contribution in [3.63, 3.8) is 0 Å². The average Bonchev–Trinajstić information content (AvgIpc) is 2.99. The van der Waals surface area contributed by atoms with Gasteiger partial charge in [0.15, 0.2) is 10.4 Å². The van der Waals surface area contributed by atoms with Gasteiger partial charge in [-0.2, -0.15) is 0 Å². The maximum absolute atomic E-state index is 12.0. The Balaban J connectivity index is 1.67. The zero-order valence-electron chi connectivity index (χ0n) is 13.0. The Morgan fingerprint density at radius 1 is 1.30 bits per heavy atom. The summed E-state index contributed by atoms with van der Waals surface area (Å²) in [6, 6.07) is 5.31. The summed E-state index contributed by atoms with van der Waals surface area (Å²) in [7, 11) is 0. The number of nitrogens with one attached hydrogen (secondary N) is 1. The minimum atomic E-state index is -0.277. The van der Waals surface area contributed by atoms with E-state index in [1.54, 1.807) is 12.1 Å². The predicted octanol–water partition coefficient (Wildman–Crippen LogP) is 3.06. The Labute approximate surface area is 143 Å². The van der Waals surface area contributed by atoms with E-state index < -0.39 is 0 Å². The Morgan fingerprint density at radius 2 is 2.09 bits per heavy atom. The average molecular weight is 379 g/mol. The summed E-state index contributed by atoms with van der Waals surface area (Å²) in [5.41, 5.74) is 0.908. The van der Waals surface area contributed by atoms with E-state index in [-0.39, 0.29) is 18.2 Å². The molecule has 1 saturated heterocycles. The van der Waals surface area contributed by atoms with Crippen LogP contribution in [0, 0.1) is 6.92 Å². The fraction of sp³-hybridized carbons (Fsp3) is 0.438. The SMILES string of the molecule is Cc1cc(N2CCCCC2)nc(CNC(=O)c2ccc(Br)o2)n1. The van der Waals surface area contributed by atoms with Gasteiger partial charge in [-0.25, -0.2) is 9.97 Å². The van der Waals surface area contributed by atoms with Crippen molar-refractivity contribution >= 4 is 27.7 Å². The molecule has 7 heteroatoms. The first kappa shape index (κ1) is 16.0. The second-order valence-corrected chi connectivity index (χ2v) is 6.40. The fourth-order valence-corrected chi connectivity index (χ4v) is 2.97. The number of hydrogen-bond donors (Lipinski definition) is 1. The second kappa shape index (κ2) is 7.12. The van der Waals surface area contributed by atoms with Gasteiger partial charge in [0.25, 0.3) is 5.91 Å². The van der Waals surface area contributed by atoms with E-state index in [0.29, 0.717) is 10.5 Å². The topological polar surface area (TPSA) is 71.3 Å². The van der Waals surface area contributed by atoms with E-state index >= 15 is 0 Å². The maximum Gasteiger partial charge on any atom is 0.287 e. The minimum Gasteiger partial charge on any atom is -0.444 e. The third-order valence-corrected chi connectivity index (χ3v) is 4.20. The summed E-state index contributed by atoms with van der Waals surface area (Å²) >= 11 is 3.18. The summed E-state index contributed by atoms with van der Waals surface area (Å²) in [6.45, 7) is 4.29. The molecule has 0 radical (unpaired) electrons. The van der Waals surface area contributed by atoms with E-state index in [2.05, 4.69) is 36.1 Å². The Bertz CT molecular complexity index is 695. The zero-order chi connectivity index (χ0) is 16.2. The molecule has 0 unspecified atom stereocenters. The van der Waals surface area contributed by atoms with Gasteiger partial charge in [-0.1, -0.05) is 0 Å². The second-order valence-electron chi connectivity index (χ2n) is 5.62.